The summed E-state index contributed by atoms with van der Waals surface area (Å²) in [5.74, 6) is -0.356. The predicted molar refractivity (Wildman–Crippen MR) is 55.3 cm³/mol. The molecule has 0 unspecified atom stereocenters. The number of alkyl halides is 3. The van der Waals surface area contributed by atoms with Gasteiger partial charge >= 0.3 is 6.36 Å². The third-order valence-corrected chi connectivity index (χ3v) is 2.20. The Bertz CT molecular complexity index is 524. The van der Waals surface area contributed by atoms with Crippen LogP contribution in [0.3, 0.4) is 0 Å². The molecule has 0 bridgehead atoms. The smallest absolute Gasteiger partial charge is 0.403 e. The first-order chi connectivity index (χ1) is 7.97. The molecule has 0 spiro atoms. The summed E-state index contributed by atoms with van der Waals surface area (Å²) in [4.78, 5) is 0. The van der Waals surface area contributed by atoms with Crippen molar-refractivity contribution in [3.05, 3.63) is 41.7 Å². The van der Waals surface area contributed by atoms with Crippen LogP contribution in [0.1, 0.15) is 0 Å². The van der Waals surface area contributed by atoms with Crippen molar-refractivity contribution in [3.63, 3.8) is 0 Å². The predicted octanol–water partition coefficient (Wildman–Crippen LogP) is 3.42. The molecule has 1 aromatic carbocycles. The van der Waals surface area contributed by atoms with Gasteiger partial charge in [-0.2, -0.15) is 5.10 Å². The van der Waals surface area contributed by atoms with Crippen LogP contribution >= 0.6 is 11.6 Å². The standard InChI is InChI=1S/C10H6ClF3N2O/c11-9-5-6-15-16(9)7-3-1-2-4-8(7)17-10(12,13)14/h1-6H. The van der Waals surface area contributed by atoms with Gasteiger partial charge in [0, 0.05) is 0 Å². The first-order valence-corrected chi connectivity index (χ1v) is 4.90. The van der Waals surface area contributed by atoms with E-state index in [4.69, 9.17) is 11.6 Å². The molecular weight excluding hydrogens is 257 g/mol. The largest absolute Gasteiger partial charge is 0.573 e. The van der Waals surface area contributed by atoms with Crippen molar-refractivity contribution in [1.29, 1.82) is 0 Å². The van der Waals surface area contributed by atoms with Gasteiger partial charge in [-0.3, -0.25) is 0 Å². The summed E-state index contributed by atoms with van der Waals surface area (Å²) in [6, 6.07) is 7.09. The minimum Gasteiger partial charge on any atom is -0.403 e. The number of para-hydroxylation sites is 2. The van der Waals surface area contributed by atoms with Crippen molar-refractivity contribution in [3.8, 4) is 11.4 Å². The van der Waals surface area contributed by atoms with Crippen molar-refractivity contribution in [2.45, 2.75) is 6.36 Å². The summed E-state index contributed by atoms with van der Waals surface area (Å²) in [5, 5.41) is 4.01. The topological polar surface area (TPSA) is 27.1 Å². The molecule has 1 aromatic heterocycles. The number of nitrogens with zero attached hydrogens (tertiary/aromatic N) is 2. The van der Waals surface area contributed by atoms with Gasteiger partial charge in [-0.05, 0) is 18.2 Å². The van der Waals surface area contributed by atoms with E-state index in [0.29, 0.717) is 0 Å². The molecule has 0 N–H and O–H groups in total. The molecule has 3 nitrogen and oxygen atoms in total. The minimum atomic E-state index is -4.75. The molecule has 90 valence electrons. The molecule has 0 aliphatic rings. The van der Waals surface area contributed by atoms with Crippen molar-refractivity contribution < 1.29 is 17.9 Å². The molecule has 2 rings (SSSR count). The third kappa shape index (κ3) is 2.71. The molecular formula is C10H6ClF3N2O. The van der Waals surface area contributed by atoms with Crippen LogP contribution < -0.4 is 4.74 Å². The Morgan fingerprint density at radius 2 is 1.88 bits per heavy atom. The Balaban J connectivity index is 2.45. The summed E-state index contributed by atoms with van der Waals surface area (Å²) in [7, 11) is 0. The van der Waals surface area contributed by atoms with Crippen LogP contribution in [0, 0.1) is 0 Å². The highest BCUT2D eigenvalue weighted by molar-refractivity contribution is 6.29. The number of hydrogen-bond donors (Lipinski definition) is 0. The molecule has 0 atom stereocenters. The first kappa shape index (κ1) is 11.8. The van der Waals surface area contributed by atoms with Crippen molar-refractivity contribution in [2.75, 3.05) is 0 Å². The Hall–Kier alpha value is -1.69. The molecule has 0 radical (unpaired) electrons. The highest BCUT2D eigenvalue weighted by Gasteiger charge is 2.32. The van der Waals surface area contributed by atoms with Crippen LogP contribution in [0.4, 0.5) is 13.2 Å². The SMILES string of the molecule is FC(F)(F)Oc1ccccc1-n1nccc1Cl. The molecule has 0 amide bonds. The number of ether oxygens (including phenoxy) is 1. The lowest BCUT2D eigenvalue weighted by molar-refractivity contribution is -0.274. The van der Waals surface area contributed by atoms with E-state index in [1.54, 1.807) is 6.07 Å². The molecule has 7 heteroatoms. The van der Waals surface area contributed by atoms with Gasteiger partial charge in [0.15, 0.2) is 5.75 Å². The highest BCUT2D eigenvalue weighted by Crippen LogP contribution is 2.29. The lowest BCUT2D eigenvalue weighted by atomic mass is 10.3. The zero-order valence-corrected chi connectivity index (χ0v) is 9.03. The van der Waals surface area contributed by atoms with Gasteiger partial charge in [0.05, 0.1) is 6.20 Å². The van der Waals surface area contributed by atoms with E-state index in [1.165, 1.54) is 30.5 Å². The molecule has 0 saturated carbocycles. The number of benzene rings is 1. The van der Waals surface area contributed by atoms with Gasteiger partial charge in [-0.1, -0.05) is 23.7 Å². The number of hydrogen-bond acceptors (Lipinski definition) is 2. The first-order valence-electron chi connectivity index (χ1n) is 4.52. The van der Waals surface area contributed by atoms with E-state index in [-0.39, 0.29) is 16.6 Å². The normalized spacial score (nSPS) is 11.5. The van der Waals surface area contributed by atoms with Crippen molar-refractivity contribution in [1.82, 2.24) is 9.78 Å². The fourth-order valence-electron chi connectivity index (χ4n) is 1.31. The van der Waals surface area contributed by atoms with Crippen LogP contribution in [0.5, 0.6) is 5.75 Å². The van der Waals surface area contributed by atoms with Crippen LogP contribution in [-0.4, -0.2) is 16.1 Å². The molecule has 2 aromatic rings. The molecule has 17 heavy (non-hydrogen) atoms. The van der Waals surface area contributed by atoms with Gasteiger partial charge in [0.25, 0.3) is 0 Å². The number of halogens is 4. The van der Waals surface area contributed by atoms with Gasteiger partial charge in [0.1, 0.15) is 10.8 Å². The number of rotatable bonds is 2. The fourth-order valence-corrected chi connectivity index (χ4v) is 1.50. The maximum Gasteiger partial charge on any atom is 0.573 e. The maximum absolute atomic E-state index is 12.2. The van der Waals surface area contributed by atoms with Crippen LogP contribution in [0.2, 0.25) is 5.15 Å². The summed E-state index contributed by atoms with van der Waals surface area (Å²) in [5.41, 5.74) is 0.125. The van der Waals surface area contributed by atoms with Crippen LogP contribution in [-0.2, 0) is 0 Å². The monoisotopic (exact) mass is 262 g/mol. The van der Waals surface area contributed by atoms with E-state index < -0.39 is 6.36 Å². The Morgan fingerprint density at radius 1 is 1.18 bits per heavy atom. The maximum atomic E-state index is 12.2. The number of aromatic nitrogens is 2. The van der Waals surface area contributed by atoms with Crippen molar-refractivity contribution >= 4 is 11.6 Å². The van der Waals surface area contributed by atoms with E-state index in [1.807, 2.05) is 0 Å². The molecule has 1 heterocycles. The van der Waals surface area contributed by atoms with Crippen molar-refractivity contribution in [2.24, 2.45) is 0 Å². The van der Waals surface area contributed by atoms with Gasteiger partial charge in [-0.15, -0.1) is 13.2 Å². The lowest BCUT2D eigenvalue weighted by Crippen LogP contribution is -2.18. The zero-order valence-electron chi connectivity index (χ0n) is 8.28. The lowest BCUT2D eigenvalue weighted by Gasteiger charge is -2.13. The van der Waals surface area contributed by atoms with E-state index in [9.17, 15) is 13.2 Å². The van der Waals surface area contributed by atoms with E-state index in [2.05, 4.69) is 9.84 Å². The van der Waals surface area contributed by atoms with Gasteiger partial charge in [-0.25, -0.2) is 4.68 Å². The van der Waals surface area contributed by atoms with Crippen LogP contribution in [0.25, 0.3) is 5.69 Å². The average Bonchev–Trinajstić information content (AvgIpc) is 2.63. The summed E-state index contributed by atoms with van der Waals surface area (Å²) in [6.45, 7) is 0. The van der Waals surface area contributed by atoms with Gasteiger partial charge in [0.2, 0.25) is 0 Å². The summed E-state index contributed by atoms with van der Waals surface area (Å²) < 4.78 is 41.6. The molecule has 0 aliphatic heterocycles. The Morgan fingerprint density at radius 3 is 2.47 bits per heavy atom. The second-order valence-corrected chi connectivity index (χ2v) is 3.47. The Labute approximate surface area is 99.4 Å². The van der Waals surface area contributed by atoms with E-state index >= 15 is 0 Å². The second kappa shape index (κ2) is 4.29. The van der Waals surface area contributed by atoms with E-state index in [0.717, 1.165) is 4.68 Å². The fraction of sp³-hybridized carbons (Fsp3) is 0.100. The quantitative estimate of drug-likeness (QED) is 0.829. The molecule has 0 fully saturated rings. The third-order valence-electron chi connectivity index (χ3n) is 1.92. The minimum absolute atomic E-state index is 0.125. The average molecular weight is 263 g/mol. The zero-order chi connectivity index (χ0) is 12.5. The molecule has 0 saturated heterocycles. The summed E-state index contributed by atoms with van der Waals surface area (Å²) in [6.07, 6.45) is -3.37. The van der Waals surface area contributed by atoms with Crippen LogP contribution in [0.15, 0.2) is 36.5 Å². The Kier molecular flexibility index (Phi) is 2.97. The summed E-state index contributed by atoms with van der Waals surface area (Å²) >= 11 is 5.78. The highest BCUT2D eigenvalue weighted by atomic mass is 35.5. The second-order valence-electron chi connectivity index (χ2n) is 3.08. The molecule has 0 aliphatic carbocycles. The van der Waals surface area contributed by atoms with Gasteiger partial charge < -0.3 is 4.74 Å².